The minimum Gasteiger partial charge on any atom is -0.464 e. The Morgan fingerprint density at radius 1 is 0.854 bits per heavy atom. The van der Waals surface area contributed by atoms with E-state index in [1.54, 1.807) is 6.92 Å². The lowest BCUT2D eigenvalue weighted by Gasteiger charge is -2.28. The Hall–Kier alpha value is -2.06. The van der Waals surface area contributed by atoms with Crippen molar-refractivity contribution < 1.29 is 33.4 Å². The maximum Gasteiger partial charge on any atom is 0.407 e. The van der Waals surface area contributed by atoms with Crippen LogP contribution in [0.5, 0.6) is 0 Å². The summed E-state index contributed by atoms with van der Waals surface area (Å²) >= 11 is 5.81. The number of halogens is 3. The van der Waals surface area contributed by atoms with Gasteiger partial charge in [0.2, 0.25) is 11.8 Å². The molecule has 5 N–H and O–H groups in total. The number of ether oxygens (including phenoxy) is 2. The molecule has 0 saturated carbocycles. The number of hydrogen-bond donors (Lipinski definition) is 4. The number of hydrogen-bond acceptors (Lipinski definition) is 8. The lowest BCUT2D eigenvalue weighted by atomic mass is 9.85. The molecule has 14 heteroatoms. The highest BCUT2D eigenvalue weighted by atomic mass is 127. The van der Waals surface area contributed by atoms with Crippen LogP contribution in [0.25, 0.3) is 0 Å². The molecular weight excluding hydrogens is 873 g/mol. The first-order chi connectivity index (χ1) is 19.3. The van der Waals surface area contributed by atoms with E-state index in [9.17, 15) is 24.0 Å². The largest absolute Gasteiger partial charge is 0.464 e. The van der Waals surface area contributed by atoms with Crippen molar-refractivity contribution in [1.82, 2.24) is 5.32 Å². The standard InChI is InChI=1S/C27H31I3N4O7/c1-4-40-25(38)27(31,12-8-9-13-32-26(39)41-14-17-10-6-5-7-11-17)24(37)18-19(28)22(33-15(2)35)21(30)23(20(18)29)34-16(3)36/h5-7,10-11H,4,8-9,12-14,31H2,1-3H3,(H,32,39)(H,33,35)(H,34,36)/t27-/m1/s1. The molecule has 3 amide bonds. The fraction of sp³-hybridized carbons (Fsp3) is 0.370. The second-order valence-corrected chi connectivity index (χ2v) is 12.1. The summed E-state index contributed by atoms with van der Waals surface area (Å²) in [6, 6.07) is 9.25. The summed E-state index contributed by atoms with van der Waals surface area (Å²) in [7, 11) is 0. The number of amides is 3. The summed E-state index contributed by atoms with van der Waals surface area (Å²) in [6.07, 6.45) is 0.0398. The first kappa shape index (κ1) is 35.1. The van der Waals surface area contributed by atoms with Gasteiger partial charge in [-0.25, -0.2) is 9.59 Å². The van der Waals surface area contributed by atoms with Crippen LogP contribution >= 0.6 is 67.8 Å². The highest BCUT2D eigenvalue weighted by Crippen LogP contribution is 2.40. The lowest BCUT2D eigenvalue weighted by molar-refractivity contribution is -0.147. The number of carbonyl (C=O) groups is 5. The van der Waals surface area contributed by atoms with Crippen LogP contribution in [0.15, 0.2) is 30.3 Å². The number of anilines is 2. The Morgan fingerprint density at radius 2 is 1.41 bits per heavy atom. The summed E-state index contributed by atoms with van der Waals surface area (Å²) in [4.78, 5) is 63.1. The van der Waals surface area contributed by atoms with E-state index in [1.807, 2.05) is 98.1 Å². The molecule has 0 unspecified atom stereocenters. The molecule has 0 aliphatic heterocycles. The van der Waals surface area contributed by atoms with Crippen LogP contribution in [-0.4, -0.2) is 48.4 Å². The van der Waals surface area contributed by atoms with Gasteiger partial charge in [0.05, 0.1) is 27.1 Å². The zero-order valence-electron chi connectivity index (χ0n) is 22.7. The summed E-state index contributed by atoms with van der Waals surface area (Å²) < 4.78 is 11.6. The van der Waals surface area contributed by atoms with Crippen molar-refractivity contribution in [2.75, 3.05) is 23.8 Å². The van der Waals surface area contributed by atoms with Gasteiger partial charge < -0.3 is 31.2 Å². The van der Waals surface area contributed by atoms with Gasteiger partial charge >= 0.3 is 12.1 Å². The van der Waals surface area contributed by atoms with Crippen LogP contribution in [-0.2, 0) is 30.5 Å². The Bertz CT molecular complexity index is 1260. The van der Waals surface area contributed by atoms with Crippen LogP contribution in [0.1, 0.15) is 56.0 Å². The van der Waals surface area contributed by atoms with Gasteiger partial charge in [-0.15, -0.1) is 0 Å². The monoisotopic (exact) mass is 904 g/mol. The Labute approximate surface area is 279 Å². The van der Waals surface area contributed by atoms with Crippen molar-refractivity contribution in [1.29, 1.82) is 0 Å². The van der Waals surface area contributed by atoms with Crippen LogP contribution in [0.4, 0.5) is 16.2 Å². The molecule has 0 bridgehead atoms. The van der Waals surface area contributed by atoms with Gasteiger partial charge in [0.25, 0.3) is 0 Å². The molecule has 0 aromatic heterocycles. The first-order valence-electron chi connectivity index (χ1n) is 12.5. The van der Waals surface area contributed by atoms with Crippen molar-refractivity contribution in [3.63, 3.8) is 0 Å². The van der Waals surface area contributed by atoms with Crippen LogP contribution < -0.4 is 21.7 Å². The normalized spacial score (nSPS) is 12.1. The smallest absolute Gasteiger partial charge is 0.407 e. The number of rotatable bonds is 13. The topological polar surface area (TPSA) is 166 Å². The Kier molecular flexibility index (Phi) is 14.2. The molecule has 0 aliphatic rings. The van der Waals surface area contributed by atoms with Crippen molar-refractivity contribution in [2.45, 2.75) is 52.2 Å². The van der Waals surface area contributed by atoms with Gasteiger partial charge in [-0.2, -0.15) is 0 Å². The lowest BCUT2D eigenvalue weighted by Crippen LogP contribution is -2.56. The second kappa shape index (κ2) is 16.5. The summed E-state index contributed by atoms with van der Waals surface area (Å²) in [5.74, 6) is -2.37. The molecule has 1 atom stereocenters. The van der Waals surface area contributed by atoms with E-state index in [2.05, 4.69) is 16.0 Å². The molecule has 11 nitrogen and oxygen atoms in total. The molecule has 0 radical (unpaired) electrons. The van der Waals surface area contributed by atoms with E-state index in [4.69, 9.17) is 15.2 Å². The molecule has 0 heterocycles. The molecule has 0 aliphatic carbocycles. The van der Waals surface area contributed by atoms with Crippen molar-refractivity contribution in [3.8, 4) is 0 Å². The number of nitrogens with one attached hydrogen (secondary N) is 3. The van der Waals surface area contributed by atoms with E-state index in [1.165, 1.54) is 13.8 Å². The third-order valence-corrected chi connectivity index (χ3v) is 8.91. The fourth-order valence-corrected chi connectivity index (χ4v) is 7.92. The molecule has 0 spiro atoms. The number of esters is 1. The van der Waals surface area contributed by atoms with Crippen LogP contribution in [0.2, 0.25) is 0 Å². The number of carbonyl (C=O) groups excluding carboxylic acids is 5. The average molecular weight is 904 g/mol. The number of ketones is 1. The first-order valence-corrected chi connectivity index (χ1v) is 15.8. The van der Waals surface area contributed by atoms with Gasteiger partial charge in [0, 0.05) is 27.5 Å². The van der Waals surface area contributed by atoms with E-state index in [0.29, 0.717) is 34.9 Å². The van der Waals surface area contributed by atoms with Gasteiger partial charge in [0.1, 0.15) is 6.61 Å². The Morgan fingerprint density at radius 3 is 1.93 bits per heavy atom. The highest BCUT2D eigenvalue weighted by Gasteiger charge is 2.45. The van der Waals surface area contributed by atoms with E-state index in [0.717, 1.165) is 5.56 Å². The zero-order valence-corrected chi connectivity index (χ0v) is 29.2. The van der Waals surface area contributed by atoms with Gasteiger partial charge in [-0.1, -0.05) is 30.3 Å². The average Bonchev–Trinajstić information content (AvgIpc) is 2.92. The van der Waals surface area contributed by atoms with Crippen molar-refractivity contribution in [2.24, 2.45) is 5.73 Å². The molecule has 2 rings (SSSR count). The molecule has 2 aromatic rings. The molecule has 222 valence electrons. The molecule has 41 heavy (non-hydrogen) atoms. The predicted molar refractivity (Wildman–Crippen MR) is 180 cm³/mol. The van der Waals surface area contributed by atoms with Gasteiger partial charge in [-0.05, 0) is 99.5 Å². The summed E-state index contributed by atoms with van der Waals surface area (Å²) in [5, 5.41) is 8.05. The molecule has 0 saturated heterocycles. The van der Waals surface area contributed by atoms with E-state index >= 15 is 0 Å². The molecule has 0 fully saturated rings. The number of alkyl carbamates (subject to hydrolysis) is 1. The van der Waals surface area contributed by atoms with Crippen molar-refractivity contribution >= 4 is 109 Å². The quantitative estimate of drug-likeness (QED) is 0.0721. The van der Waals surface area contributed by atoms with Crippen LogP contribution in [0, 0.1) is 10.7 Å². The predicted octanol–water partition coefficient (Wildman–Crippen LogP) is 4.96. The maximum atomic E-state index is 14.1. The van der Waals surface area contributed by atoms with Crippen LogP contribution in [0.3, 0.4) is 0 Å². The molecule has 2 aromatic carbocycles. The summed E-state index contributed by atoms with van der Waals surface area (Å²) in [5.41, 5.74) is 6.02. The second-order valence-electron chi connectivity index (χ2n) is 8.90. The minimum atomic E-state index is -2.06. The van der Waals surface area contributed by atoms with Gasteiger partial charge in [-0.3, -0.25) is 14.4 Å². The van der Waals surface area contributed by atoms with Crippen molar-refractivity contribution in [3.05, 3.63) is 52.2 Å². The van der Waals surface area contributed by atoms with E-state index in [-0.39, 0.29) is 43.6 Å². The van der Waals surface area contributed by atoms with Gasteiger partial charge in [0.15, 0.2) is 11.3 Å². The number of unbranched alkanes of at least 4 members (excludes halogenated alkanes) is 1. The SMILES string of the molecule is CCOC(=O)[C@@](N)(CCCCNC(=O)OCc1ccccc1)C(=O)c1c(I)c(NC(C)=O)c(I)c(NC(C)=O)c1I. The van der Waals surface area contributed by atoms with E-state index < -0.39 is 23.4 Å². The number of benzene rings is 2. The Balaban J connectivity index is 2.26. The third-order valence-electron chi connectivity index (χ3n) is 5.67. The zero-order chi connectivity index (χ0) is 30.7. The minimum absolute atomic E-state index is 0.00896. The fourth-order valence-electron chi connectivity index (χ4n) is 3.72. The third kappa shape index (κ3) is 9.74. The highest BCUT2D eigenvalue weighted by molar-refractivity contribution is 14.1. The number of Topliss-reactive ketones (excluding diaryl/α,β-unsaturated/α-hetero) is 1. The molecular formula is C27H31I3N4O7. The maximum absolute atomic E-state index is 14.1. The number of nitrogens with two attached hydrogens (primary N) is 1. The summed E-state index contributed by atoms with van der Waals surface area (Å²) in [6.45, 7) is 4.62.